The number of ether oxygens (including phenoxy) is 1. The van der Waals surface area contributed by atoms with Crippen molar-refractivity contribution < 1.29 is 14.3 Å². The molecule has 5 nitrogen and oxygen atoms in total. The Labute approximate surface area is 116 Å². The van der Waals surface area contributed by atoms with E-state index in [-0.39, 0.29) is 30.3 Å². The highest BCUT2D eigenvalue weighted by Gasteiger charge is 2.26. The number of hydrogen-bond acceptors (Lipinski definition) is 5. The summed E-state index contributed by atoms with van der Waals surface area (Å²) in [6.45, 7) is 1.58. The minimum absolute atomic E-state index is 0.000101. The topological polar surface area (TPSA) is 67.4 Å². The Hall–Kier alpha value is -1.40. The van der Waals surface area contributed by atoms with Crippen molar-refractivity contribution in [2.24, 2.45) is 5.92 Å². The summed E-state index contributed by atoms with van der Waals surface area (Å²) >= 11 is 1.53. The van der Waals surface area contributed by atoms with Crippen LogP contribution in [0.25, 0.3) is 0 Å². The third-order valence-electron chi connectivity index (χ3n) is 3.23. The quantitative estimate of drug-likeness (QED) is 0.793. The molecule has 0 bridgehead atoms. The van der Waals surface area contributed by atoms with Crippen LogP contribution in [0.1, 0.15) is 23.8 Å². The SMILES string of the molecule is COC(=O)CC(NC(=O)C1CCNC1)c1cccs1. The summed E-state index contributed by atoms with van der Waals surface area (Å²) in [5, 5.41) is 8.05. The summed E-state index contributed by atoms with van der Waals surface area (Å²) in [5.41, 5.74) is 0. The Morgan fingerprint density at radius 3 is 3.05 bits per heavy atom. The summed E-state index contributed by atoms with van der Waals surface area (Å²) in [6, 6.07) is 3.54. The van der Waals surface area contributed by atoms with Crippen LogP contribution in [0.5, 0.6) is 0 Å². The van der Waals surface area contributed by atoms with Crippen LogP contribution in [0.3, 0.4) is 0 Å². The number of thiophene rings is 1. The number of carbonyl (C=O) groups excluding carboxylic acids is 2. The highest BCUT2D eigenvalue weighted by molar-refractivity contribution is 7.10. The fraction of sp³-hybridized carbons (Fsp3) is 0.538. The van der Waals surface area contributed by atoms with E-state index < -0.39 is 0 Å². The molecule has 2 unspecified atom stereocenters. The maximum atomic E-state index is 12.1. The molecule has 1 aliphatic rings. The van der Waals surface area contributed by atoms with Crippen molar-refractivity contribution in [1.29, 1.82) is 0 Å². The van der Waals surface area contributed by atoms with Crippen LogP contribution in [0, 0.1) is 5.92 Å². The molecular formula is C13H18N2O3S. The smallest absolute Gasteiger partial charge is 0.307 e. The Morgan fingerprint density at radius 1 is 1.63 bits per heavy atom. The van der Waals surface area contributed by atoms with Crippen molar-refractivity contribution in [2.75, 3.05) is 20.2 Å². The van der Waals surface area contributed by atoms with Crippen LogP contribution < -0.4 is 10.6 Å². The summed E-state index contributed by atoms with van der Waals surface area (Å²) in [7, 11) is 1.36. The summed E-state index contributed by atoms with van der Waals surface area (Å²) < 4.78 is 4.69. The van der Waals surface area contributed by atoms with Gasteiger partial charge in [-0.25, -0.2) is 0 Å². The van der Waals surface area contributed by atoms with E-state index in [9.17, 15) is 9.59 Å². The first-order valence-electron chi connectivity index (χ1n) is 6.32. The average Bonchev–Trinajstić information content (AvgIpc) is 3.10. The van der Waals surface area contributed by atoms with E-state index in [1.54, 1.807) is 0 Å². The lowest BCUT2D eigenvalue weighted by molar-refractivity contribution is -0.141. The summed E-state index contributed by atoms with van der Waals surface area (Å²) in [5.74, 6) is -0.310. The molecule has 1 aromatic heterocycles. The highest BCUT2D eigenvalue weighted by Crippen LogP contribution is 2.23. The van der Waals surface area contributed by atoms with E-state index in [1.807, 2.05) is 17.5 Å². The van der Waals surface area contributed by atoms with Crippen LogP contribution in [0.4, 0.5) is 0 Å². The average molecular weight is 282 g/mol. The van der Waals surface area contributed by atoms with Crippen molar-refractivity contribution in [3.8, 4) is 0 Å². The van der Waals surface area contributed by atoms with E-state index in [1.165, 1.54) is 18.4 Å². The van der Waals surface area contributed by atoms with Gasteiger partial charge in [-0.05, 0) is 24.4 Å². The lowest BCUT2D eigenvalue weighted by atomic mass is 10.1. The van der Waals surface area contributed by atoms with Gasteiger partial charge in [0, 0.05) is 11.4 Å². The maximum absolute atomic E-state index is 12.1. The molecular weight excluding hydrogens is 264 g/mol. The Kier molecular flexibility index (Phi) is 4.93. The van der Waals surface area contributed by atoms with E-state index in [0.29, 0.717) is 6.54 Å². The summed E-state index contributed by atoms with van der Waals surface area (Å²) in [4.78, 5) is 24.5. The lowest BCUT2D eigenvalue weighted by Crippen LogP contribution is -2.35. The fourth-order valence-corrected chi connectivity index (χ4v) is 2.91. The molecule has 0 saturated carbocycles. The van der Waals surface area contributed by atoms with E-state index in [0.717, 1.165) is 17.8 Å². The molecule has 0 radical (unpaired) electrons. The second-order valence-electron chi connectivity index (χ2n) is 4.55. The van der Waals surface area contributed by atoms with Crippen LogP contribution in [0.2, 0.25) is 0 Å². The molecule has 19 heavy (non-hydrogen) atoms. The predicted octanol–water partition coefficient (Wildman–Crippen LogP) is 1.08. The molecule has 1 saturated heterocycles. The fourth-order valence-electron chi connectivity index (χ4n) is 2.13. The largest absolute Gasteiger partial charge is 0.469 e. The van der Waals surface area contributed by atoms with Gasteiger partial charge in [-0.2, -0.15) is 0 Å². The Balaban J connectivity index is 2.00. The number of nitrogens with one attached hydrogen (secondary N) is 2. The zero-order chi connectivity index (χ0) is 13.7. The van der Waals surface area contributed by atoms with Gasteiger partial charge in [0.05, 0.1) is 25.5 Å². The molecule has 2 heterocycles. The first-order chi connectivity index (χ1) is 9.20. The summed E-state index contributed by atoms with van der Waals surface area (Å²) in [6.07, 6.45) is 1.02. The van der Waals surface area contributed by atoms with Gasteiger partial charge in [-0.1, -0.05) is 6.07 Å². The first-order valence-corrected chi connectivity index (χ1v) is 7.20. The van der Waals surface area contributed by atoms with Gasteiger partial charge in [0.2, 0.25) is 5.91 Å². The monoisotopic (exact) mass is 282 g/mol. The zero-order valence-electron chi connectivity index (χ0n) is 10.8. The van der Waals surface area contributed by atoms with E-state index in [2.05, 4.69) is 15.4 Å². The van der Waals surface area contributed by atoms with Crippen molar-refractivity contribution >= 4 is 23.2 Å². The molecule has 2 N–H and O–H groups in total. The third kappa shape index (κ3) is 3.78. The van der Waals surface area contributed by atoms with Gasteiger partial charge >= 0.3 is 5.97 Å². The second-order valence-corrected chi connectivity index (χ2v) is 5.53. The zero-order valence-corrected chi connectivity index (χ0v) is 11.7. The number of esters is 1. The Morgan fingerprint density at radius 2 is 2.47 bits per heavy atom. The molecule has 6 heteroatoms. The van der Waals surface area contributed by atoms with Gasteiger partial charge in [0.15, 0.2) is 0 Å². The number of amides is 1. The third-order valence-corrected chi connectivity index (χ3v) is 4.22. The maximum Gasteiger partial charge on any atom is 0.307 e. The number of rotatable bonds is 5. The molecule has 0 aromatic carbocycles. The number of methoxy groups -OCH3 is 1. The molecule has 2 rings (SSSR count). The number of carbonyl (C=O) groups is 2. The van der Waals surface area contributed by atoms with Crippen molar-refractivity contribution in [1.82, 2.24) is 10.6 Å². The normalized spacial score (nSPS) is 19.9. The van der Waals surface area contributed by atoms with Gasteiger partial charge in [0.25, 0.3) is 0 Å². The van der Waals surface area contributed by atoms with Crippen LogP contribution in [0.15, 0.2) is 17.5 Å². The molecule has 0 spiro atoms. The first kappa shape index (κ1) is 14.0. The minimum atomic E-state index is -0.316. The van der Waals surface area contributed by atoms with Crippen LogP contribution in [-0.4, -0.2) is 32.1 Å². The Bertz CT molecular complexity index is 427. The van der Waals surface area contributed by atoms with Crippen molar-refractivity contribution in [3.05, 3.63) is 22.4 Å². The van der Waals surface area contributed by atoms with Crippen molar-refractivity contribution in [3.63, 3.8) is 0 Å². The van der Waals surface area contributed by atoms with Gasteiger partial charge in [-0.3, -0.25) is 9.59 Å². The minimum Gasteiger partial charge on any atom is -0.469 e. The second kappa shape index (κ2) is 6.68. The molecule has 0 aliphatic carbocycles. The molecule has 1 fully saturated rings. The number of hydrogen-bond donors (Lipinski definition) is 2. The molecule has 2 atom stereocenters. The van der Waals surface area contributed by atoms with E-state index in [4.69, 9.17) is 0 Å². The van der Waals surface area contributed by atoms with Gasteiger partial charge in [0.1, 0.15) is 0 Å². The van der Waals surface area contributed by atoms with Crippen LogP contribution in [-0.2, 0) is 14.3 Å². The molecule has 1 amide bonds. The standard InChI is InChI=1S/C13H18N2O3S/c1-18-12(16)7-10(11-3-2-6-19-11)15-13(17)9-4-5-14-8-9/h2-3,6,9-10,14H,4-5,7-8H2,1H3,(H,15,17). The van der Waals surface area contributed by atoms with Crippen molar-refractivity contribution in [2.45, 2.75) is 18.9 Å². The molecule has 1 aliphatic heterocycles. The van der Waals surface area contributed by atoms with Gasteiger partial charge in [-0.15, -0.1) is 11.3 Å². The predicted molar refractivity (Wildman–Crippen MR) is 72.8 cm³/mol. The lowest BCUT2D eigenvalue weighted by Gasteiger charge is -2.18. The highest BCUT2D eigenvalue weighted by atomic mass is 32.1. The molecule has 1 aromatic rings. The molecule has 104 valence electrons. The van der Waals surface area contributed by atoms with Gasteiger partial charge < -0.3 is 15.4 Å². The van der Waals surface area contributed by atoms with E-state index >= 15 is 0 Å². The van der Waals surface area contributed by atoms with Crippen LogP contribution >= 0.6 is 11.3 Å².